The predicted octanol–water partition coefficient (Wildman–Crippen LogP) is 6.91. The van der Waals surface area contributed by atoms with Gasteiger partial charge in [0.05, 0.1) is 4.87 Å². The first kappa shape index (κ1) is 16.9. The Morgan fingerprint density at radius 1 is 1.09 bits per heavy atom. The van der Waals surface area contributed by atoms with E-state index in [0.29, 0.717) is 5.92 Å². The largest absolute Gasteiger partial charge is 0.110 e. The van der Waals surface area contributed by atoms with Gasteiger partial charge in [-0.25, -0.2) is 0 Å². The van der Waals surface area contributed by atoms with Gasteiger partial charge in [-0.3, -0.25) is 0 Å². The molecule has 2 aliphatic rings. The molecule has 2 aliphatic carbocycles. The summed E-state index contributed by atoms with van der Waals surface area (Å²) in [6, 6.07) is 8.07. The summed E-state index contributed by atoms with van der Waals surface area (Å²) in [5.74, 6) is 1.56. The molecular formula is C21H24Cl2. The van der Waals surface area contributed by atoms with Gasteiger partial charge in [0.1, 0.15) is 0 Å². The van der Waals surface area contributed by atoms with Crippen LogP contribution in [0.25, 0.3) is 0 Å². The van der Waals surface area contributed by atoms with Crippen LogP contribution in [-0.2, 0) is 0 Å². The highest BCUT2D eigenvalue weighted by Crippen LogP contribution is 2.44. The van der Waals surface area contributed by atoms with Gasteiger partial charge in [0.2, 0.25) is 0 Å². The van der Waals surface area contributed by atoms with Gasteiger partial charge in [0, 0.05) is 10.9 Å². The van der Waals surface area contributed by atoms with Gasteiger partial charge in [-0.1, -0.05) is 60.2 Å². The Morgan fingerprint density at radius 2 is 1.78 bits per heavy atom. The maximum atomic E-state index is 6.95. The minimum Gasteiger partial charge on any atom is -0.110 e. The zero-order valence-electron chi connectivity index (χ0n) is 13.6. The molecule has 0 aromatic heterocycles. The molecule has 0 N–H and O–H groups in total. The molecule has 122 valence electrons. The second-order valence-corrected chi connectivity index (χ2v) is 7.85. The molecule has 23 heavy (non-hydrogen) atoms. The third-order valence-electron chi connectivity index (χ3n) is 5.21. The van der Waals surface area contributed by atoms with Gasteiger partial charge in [-0.15, -0.1) is 11.6 Å². The summed E-state index contributed by atoms with van der Waals surface area (Å²) in [7, 11) is 0. The van der Waals surface area contributed by atoms with Crippen molar-refractivity contribution in [3.05, 3.63) is 71.3 Å². The van der Waals surface area contributed by atoms with Crippen LogP contribution >= 0.6 is 23.2 Å². The van der Waals surface area contributed by atoms with Crippen molar-refractivity contribution in [2.75, 3.05) is 0 Å². The average molecular weight is 347 g/mol. The topological polar surface area (TPSA) is 0 Å². The zero-order valence-corrected chi connectivity index (χ0v) is 15.1. The van der Waals surface area contributed by atoms with Crippen molar-refractivity contribution in [2.45, 2.75) is 43.4 Å². The highest BCUT2D eigenvalue weighted by Gasteiger charge is 2.36. The van der Waals surface area contributed by atoms with Gasteiger partial charge in [-0.05, 0) is 62.1 Å². The minimum atomic E-state index is -0.310. The molecule has 3 rings (SSSR count). The summed E-state index contributed by atoms with van der Waals surface area (Å²) in [5.41, 5.74) is 1.22. The molecule has 1 saturated carbocycles. The van der Waals surface area contributed by atoms with Gasteiger partial charge >= 0.3 is 0 Å². The molecule has 1 aromatic rings. The molecule has 0 saturated heterocycles. The first-order valence-electron chi connectivity index (χ1n) is 8.56. The molecule has 0 heterocycles. The molecular weight excluding hydrogens is 323 g/mol. The zero-order chi connectivity index (χ0) is 16.3. The van der Waals surface area contributed by atoms with Crippen molar-refractivity contribution < 1.29 is 0 Å². The van der Waals surface area contributed by atoms with E-state index in [9.17, 15) is 0 Å². The third-order valence-corrected chi connectivity index (χ3v) is 6.01. The highest BCUT2D eigenvalue weighted by atomic mass is 35.5. The third kappa shape index (κ3) is 3.92. The van der Waals surface area contributed by atoms with E-state index in [1.54, 1.807) is 0 Å². The lowest BCUT2D eigenvalue weighted by Crippen LogP contribution is -2.32. The molecule has 0 aliphatic heterocycles. The number of allylic oxidation sites excluding steroid dienone is 6. The first-order chi connectivity index (χ1) is 11.1. The monoisotopic (exact) mass is 346 g/mol. The smallest absolute Gasteiger partial charge is 0.0834 e. The van der Waals surface area contributed by atoms with E-state index in [1.807, 2.05) is 18.2 Å². The van der Waals surface area contributed by atoms with Crippen LogP contribution in [0.3, 0.4) is 0 Å². The quantitative estimate of drug-likeness (QED) is 0.412. The lowest BCUT2D eigenvalue weighted by atomic mass is 9.73. The van der Waals surface area contributed by atoms with Crippen LogP contribution in [0, 0.1) is 11.8 Å². The molecule has 1 fully saturated rings. The lowest BCUT2D eigenvalue weighted by molar-refractivity contribution is 0.289. The van der Waals surface area contributed by atoms with E-state index in [2.05, 4.69) is 49.4 Å². The normalized spacial score (nSPS) is 34.1. The van der Waals surface area contributed by atoms with Crippen LogP contribution in [-0.4, -0.2) is 4.87 Å². The summed E-state index contributed by atoms with van der Waals surface area (Å²) >= 11 is 13.0. The van der Waals surface area contributed by atoms with Crippen molar-refractivity contribution in [3.63, 3.8) is 0 Å². The highest BCUT2D eigenvalue weighted by molar-refractivity contribution is 6.30. The summed E-state index contributed by atoms with van der Waals surface area (Å²) in [6.07, 6.45) is 18.3. The summed E-state index contributed by atoms with van der Waals surface area (Å²) in [4.78, 5) is -0.310. The van der Waals surface area contributed by atoms with Crippen molar-refractivity contribution in [3.8, 4) is 0 Å². The molecule has 0 unspecified atom stereocenters. The van der Waals surface area contributed by atoms with E-state index < -0.39 is 0 Å². The minimum absolute atomic E-state index is 0.278. The number of hydrogen-bond acceptors (Lipinski definition) is 0. The Balaban J connectivity index is 1.67. The number of hydrogen-bond donors (Lipinski definition) is 0. The fourth-order valence-corrected chi connectivity index (χ4v) is 4.42. The molecule has 1 aromatic carbocycles. The van der Waals surface area contributed by atoms with Gasteiger partial charge in [-0.2, -0.15) is 0 Å². The molecule has 0 amide bonds. The Hall–Kier alpha value is -0.980. The fraction of sp³-hybridized carbons (Fsp3) is 0.429. The Bertz CT molecular complexity index is 604. The molecule has 0 radical (unpaired) electrons. The van der Waals surface area contributed by atoms with Crippen LogP contribution in [0.5, 0.6) is 0 Å². The predicted molar refractivity (Wildman–Crippen MR) is 101 cm³/mol. The van der Waals surface area contributed by atoms with Crippen molar-refractivity contribution in [1.82, 2.24) is 0 Å². The molecule has 0 spiro atoms. The SMILES string of the molecule is C/C=C/[C@H]1CC[C@H](C2(Cl)C=CC(c3cccc(Cl)c3)C=C2)CC1. The van der Waals surface area contributed by atoms with Gasteiger partial charge in [0.25, 0.3) is 0 Å². The van der Waals surface area contributed by atoms with Gasteiger partial charge < -0.3 is 0 Å². The number of alkyl halides is 1. The summed E-state index contributed by atoms with van der Waals surface area (Å²) in [6.45, 7) is 2.11. The lowest BCUT2D eigenvalue weighted by Gasteiger charge is -2.37. The molecule has 0 bridgehead atoms. The van der Waals surface area contributed by atoms with Crippen molar-refractivity contribution >= 4 is 23.2 Å². The van der Waals surface area contributed by atoms with E-state index in [1.165, 1.54) is 31.2 Å². The average Bonchev–Trinajstić information content (AvgIpc) is 2.56. The Morgan fingerprint density at radius 3 is 2.39 bits per heavy atom. The molecule has 0 atom stereocenters. The Labute approximate surface area is 149 Å². The van der Waals surface area contributed by atoms with Crippen LogP contribution < -0.4 is 0 Å². The standard InChI is InChI=1S/C21H24Cl2/c1-2-4-16-7-9-19(10-8-16)21(23)13-11-17(12-14-21)18-5-3-6-20(22)15-18/h2-6,11-17,19H,7-10H2,1H3/b4-2+/t16-,17?,19-,21?. The maximum Gasteiger partial charge on any atom is 0.0834 e. The van der Waals surface area contributed by atoms with E-state index in [4.69, 9.17) is 23.2 Å². The molecule has 0 nitrogen and oxygen atoms in total. The second kappa shape index (κ2) is 7.28. The number of rotatable bonds is 3. The van der Waals surface area contributed by atoms with Crippen LogP contribution in [0.1, 0.15) is 44.1 Å². The fourth-order valence-electron chi connectivity index (χ4n) is 3.86. The van der Waals surface area contributed by atoms with Crippen LogP contribution in [0.15, 0.2) is 60.7 Å². The maximum absolute atomic E-state index is 6.95. The van der Waals surface area contributed by atoms with Crippen molar-refractivity contribution in [2.24, 2.45) is 11.8 Å². The number of halogens is 2. The van der Waals surface area contributed by atoms with E-state index >= 15 is 0 Å². The van der Waals surface area contributed by atoms with Crippen LogP contribution in [0.4, 0.5) is 0 Å². The number of benzene rings is 1. The summed E-state index contributed by atoms with van der Waals surface area (Å²) < 4.78 is 0. The molecule has 2 heteroatoms. The first-order valence-corrected chi connectivity index (χ1v) is 9.32. The second-order valence-electron chi connectivity index (χ2n) is 6.76. The van der Waals surface area contributed by atoms with E-state index in [0.717, 1.165) is 10.9 Å². The van der Waals surface area contributed by atoms with Crippen molar-refractivity contribution in [1.29, 1.82) is 0 Å². The summed E-state index contributed by atoms with van der Waals surface area (Å²) in [5, 5.41) is 0.786. The van der Waals surface area contributed by atoms with E-state index in [-0.39, 0.29) is 10.8 Å². The van der Waals surface area contributed by atoms with Gasteiger partial charge in [0.15, 0.2) is 0 Å². The van der Waals surface area contributed by atoms with Crippen LogP contribution in [0.2, 0.25) is 5.02 Å². The Kier molecular flexibility index (Phi) is 5.34.